The van der Waals surface area contributed by atoms with Crippen LogP contribution in [0.15, 0.2) is 47.6 Å². The van der Waals surface area contributed by atoms with Crippen LogP contribution in [0.1, 0.15) is 18.1 Å². The molecule has 2 aromatic rings. The van der Waals surface area contributed by atoms with E-state index in [1.165, 1.54) is 30.0 Å². The van der Waals surface area contributed by atoms with Crippen LogP contribution in [0.5, 0.6) is 0 Å². The van der Waals surface area contributed by atoms with Gasteiger partial charge in [-0.1, -0.05) is 47.9 Å². The standard InChI is InChI=1S/C17H16ClFN2O2/c1-2-12-3-5-13(6-4-12)10-20-23-11-17(22)21-14-7-8-16(19)15(18)9-14/h3-10H,2,11H2,1H3,(H,21,22)/b20-10-. The summed E-state index contributed by atoms with van der Waals surface area (Å²) in [5, 5.41) is 6.22. The zero-order valence-corrected chi connectivity index (χ0v) is 13.3. The molecule has 0 saturated carbocycles. The molecule has 6 heteroatoms. The first kappa shape index (κ1) is 17.0. The van der Waals surface area contributed by atoms with Crippen molar-refractivity contribution >= 4 is 29.4 Å². The molecule has 1 amide bonds. The first-order valence-corrected chi connectivity index (χ1v) is 7.45. The highest BCUT2D eigenvalue weighted by Gasteiger charge is 2.05. The lowest BCUT2D eigenvalue weighted by Gasteiger charge is -2.05. The maximum absolute atomic E-state index is 13.0. The van der Waals surface area contributed by atoms with Crippen LogP contribution in [0.4, 0.5) is 10.1 Å². The molecule has 0 saturated heterocycles. The average molecular weight is 335 g/mol. The molecule has 2 aromatic carbocycles. The number of halogens is 2. The summed E-state index contributed by atoms with van der Waals surface area (Å²) >= 11 is 5.63. The van der Waals surface area contributed by atoms with Gasteiger partial charge in [-0.25, -0.2) is 4.39 Å². The molecular weight excluding hydrogens is 319 g/mol. The first-order chi connectivity index (χ1) is 11.1. The highest BCUT2D eigenvalue weighted by atomic mass is 35.5. The lowest BCUT2D eigenvalue weighted by atomic mass is 10.1. The third-order valence-corrected chi connectivity index (χ3v) is 3.35. The summed E-state index contributed by atoms with van der Waals surface area (Å²) in [4.78, 5) is 16.6. The molecule has 0 aromatic heterocycles. The van der Waals surface area contributed by atoms with Gasteiger partial charge in [0.2, 0.25) is 0 Å². The van der Waals surface area contributed by atoms with Gasteiger partial charge < -0.3 is 10.2 Å². The molecule has 0 bridgehead atoms. The third kappa shape index (κ3) is 5.38. The van der Waals surface area contributed by atoms with Crippen molar-refractivity contribution in [1.29, 1.82) is 0 Å². The third-order valence-electron chi connectivity index (χ3n) is 3.06. The number of anilines is 1. The summed E-state index contributed by atoms with van der Waals surface area (Å²) in [5.74, 6) is -0.953. The number of hydrogen-bond acceptors (Lipinski definition) is 3. The van der Waals surface area contributed by atoms with Crippen molar-refractivity contribution in [1.82, 2.24) is 0 Å². The average Bonchev–Trinajstić information content (AvgIpc) is 2.55. The minimum Gasteiger partial charge on any atom is -0.386 e. The molecule has 0 heterocycles. The molecule has 0 aliphatic carbocycles. The van der Waals surface area contributed by atoms with Crippen LogP contribution in [-0.4, -0.2) is 18.7 Å². The Hall–Kier alpha value is -2.40. The van der Waals surface area contributed by atoms with Crippen molar-refractivity contribution in [2.75, 3.05) is 11.9 Å². The molecule has 0 spiro atoms. The Labute approximate surface area is 138 Å². The molecular formula is C17H16ClFN2O2. The van der Waals surface area contributed by atoms with E-state index in [4.69, 9.17) is 16.4 Å². The number of rotatable bonds is 6. The molecule has 23 heavy (non-hydrogen) atoms. The minimum atomic E-state index is -0.542. The fourth-order valence-corrected chi connectivity index (χ4v) is 1.98. The number of benzene rings is 2. The van der Waals surface area contributed by atoms with E-state index in [-0.39, 0.29) is 11.6 Å². The van der Waals surface area contributed by atoms with Crippen molar-refractivity contribution < 1.29 is 14.0 Å². The quantitative estimate of drug-likeness (QED) is 0.640. The smallest absolute Gasteiger partial charge is 0.265 e. The van der Waals surface area contributed by atoms with E-state index in [9.17, 15) is 9.18 Å². The van der Waals surface area contributed by atoms with E-state index in [1.54, 1.807) is 0 Å². The topological polar surface area (TPSA) is 50.7 Å². The van der Waals surface area contributed by atoms with Crippen LogP contribution in [0.25, 0.3) is 0 Å². The zero-order chi connectivity index (χ0) is 16.7. The Morgan fingerprint density at radius 2 is 2.04 bits per heavy atom. The van der Waals surface area contributed by atoms with Crippen molar-refractivity contribution in [2.45, 2.75) is 13.3 Å². The lowest BCUT2D eigenvalue weighted by Crippen LogP contribution is -2.17. The Bertz CT molecular complexity index is 702. The number of hydrogen-bond donors (Lipinski definition) is 1. The summed E-state index contributed by atoms with van der Waals surface area (Å²) in [6, 6.07) is 11.8. The first-order valence-electron chi connectivity index (χ1n) is 7.07. The van der Waals surface area contributed by atoms with Crippen LogP contribution in [0, 0.1) is 5.82 Å². The number of oxime groups is 1. The van der Waals surface area contributed by atoms with Gasteiger partial charge in [0.25, 0.3) is 5.91 Å². The summed E-state index contributed by atoms with van der Waals surface area (Å²) in [6.07, 6.45) is 2.50. The molecule has 0 aliphatic heterocycles. The molecule has 4 nitrogen and oxygen atoms in total. The predicted molar refractivity (Wildman–Crippen MR) is 89.4 cm³/mol. The fourth-order valence-electron chi connectivity index (χ4n) is 1.80. The molecule has 0 radical (unpaired) electrons. The van der Waals surface area contributed by atoms with E-state index in [0.717, 1.165) is 12.0 Å². The van der Waals surface area contributed by atoms with Crippen LogP contribution in [-0.2, 0) is 16.1 Å². The Morgan fingerprint density at radius 1 is 1.30 bits per heavy atom. The van der Waals surface area contributed by atoms with Crippen molar-refractivity contribution in [3.8, 4) is 0 Å². The summed E-state index contributed by atoms with van der Waals surface area (Å²) in [7, 11) is 0. The molecule has 0 aliphatic rings. The molecule has 2 rings (SSSR count). The van der Waals surface area contributed by atoms with Crippen molar-refractivity contribution in [3.63, 3.8) is 0 Å². The van der Waals surface area contributed by atoms with E-state index >= 15 is 0 Å². The lowest BCUT2D eigenvalue weighted by molar-refractivity contribution is -0.120. The summed E-state index contributed by atoms with van der Waals surface area (Å²) in [5.41, 5.74) is 2.51. The Kier molecular flexibility index (Phi) is 6.11. The van der Waals surface area contributed by atoms with Crippen molar-refractivity contribution in [3.05, 3.63) is 64.4 Å². The van der Waals surface area contributed by atoms with Gasteiger partial charge in [0.15, 0.2) is 6.61 Å². The normalized spacial score (nSPS) is 10.7. The van der Waals surface area contributed by atoms with Crippen LogP contribution >= 0.6 is 11.6 Å². The molecule has 0 fully saturated rings. The van der Waals surface area contributed by atoms with Gasteiger partial charge in [-0.2, -0.15) is 0 Å². The molecule has 120 valence electrons. The second kappa shape index (κ2) is 8.29. The number of carbonyl (C=O) groups is 1. The highest BCUT2D eigenvalue weighted by molar-refractivity contribution is 6.31. The molecule has 1 N–H and O–H groups in total. The SMILES string of the molecule is CCc1ccc(/C=N\OCC(=O)Nc2ccc(F)c(Cl)c2)cc1. The zero-order valence-electron chi connectivity index (χ0n) is 12.6. The molecule has 0 unspecified atom stereocenters. The molecule has 0 atom stereocenters. The Morgan fingerprint density at radius 3 is 2.70 bits per heavy atom. The van der Waals surface area contributed by atoms with Gasteiger partial charge in [-0.3, -0.25) is 4.79 Å². The number of amides is 1. The van der Waals surface area contributed by atoms with E-state index in [1.807, 2.05) is 24.3 Å². The van der Waals surface area contributed by atoms with Crippen LogP contribution in [0.2, 0.25) is 5.02 Å². The van der Waals surface area contributed by atoms with E-state index < -0.39 is 11.7 Å². The summed E-state index contributed by atoms with van der Waals surface area (Å²) in [6.45, 7) is 1.83. The maximum Gasteiger partial charge on any atom is 0.265 e. The second-order valence-corrected chi connectivity index (χ2v) is 5.19. The van der Waals surface area contributed by atoms with Gasteiger partial charge in [-0.15, -0.1) is 0 Å². The number of nitrogens with zero attached hydrogens (tertiary/aromatic N) is 1. The van der Waals surface area contributed by atoms with E-state index in [2.05, 4.69) is 17.4 Å². The van der Waals surface area contributed by atoms with E-state index in [0.29, 0.717) is 5.69 Å². The maximum atomic E-state index is 13.0. The second-order valence-electron chi connectivity index (χ2n) is 4.78. The van der Waals surface area contributed by atoms with Crippen LogP contribution < -0.4 is 5.32 Å². The van der Waals surface area contributed by atoms with Gasteiger partial charge in [0, 0.05) is 5.69 Å². The van der Waals surface area contributed by atoms with Gasteiger partial charge >= 0.3 is 0 Å². The van der Waals surface area contributed by atoms with Crippen molar-refractivity contribution in [2.24, 2.45) is 5.16 Å². The predicted octanol–water partition coefficient (Wildman–Crippen LogP) is 4.03. The minimum absolute atomic E-state index is 0.0581. The largest absolute Gasteiger partial charge is 0.386 e. The van der Waals surface area contributed by atoms with Gasteiger partial charge in [0.05, 0.1) is 11.2 Å². The summed E-state index contributed by atoms with van der Waals surface area (Å²) < 4.78 is 13.0. The Balaban J connectivity index is 1.79. The van der Waals surface area contributed by atoms with Crippen LogP contribution in [0.3, 0.4) is 0 Å². The highest BCUT2D eigenvalue weighted by Crippen LogP contribution is 2.19. The fraction of sp³-hybridized carbons (Fsp3) is 0.176. The monoisotopic (exact) mass is 334 g/mol. The number of nitrogens with one attached hydrogen (secondary N) is 1. The number of carbonyl (C=O) groups excluding carboxylic acids is 1. The van der Waals surface area contributed by atoms with Gasteiger partial charge in [-0.05, 0) is 35.7 Å². The number of aryl methyl sites for hydroxylation is 1. The van der Waals surface area contributed by atoms with Gasteiger partial charge in [0.1, 0.15) is 5.82 Å².